The van der Waals surface area contributed by atoms with E-state index >= 15 is 0 Å². The Morgan fingerprint density at radius 2 is 1.82 bits per heavy atom. The topological polar surface area (TPSA) is 91.9 Å². The molecule has 0 unspecified atom stereocenters. The number of carbonyl (C=O) groups is 2. The third kappa shape index (κ3) is 5.69. The molecule has 8 nitrogen and oxygen atoms in total. The first-order valence-electron chi connectivity index (χ1n) is 11.3. The molecule has 9 heteroatoms. The summed E-state index contributed by atoms with van der Waals surface area (Å²) in [4.78, 5) is 27.2. The molecular formula is C25H26ClN5O3. The maximum Gasteiger partial charge on any atom is 0.249 e. The van der Waals surface area contributed by atoms with Crippen LogP contribution in [0.4, 0.5) is 0 Å². The molecule has 2 amide bonds. The lowest BCUT2D eigenvalue weighted by Crippen LogP contribution is -2.33. The van der Waals surface area contributed by atoms with E-state index in [1.807, 2.05) is 49.4 Å². The van der Waals surface area contributed by atoms with Crippen LogP contribution >= 0.6 is 11.6 Å². The van der Waals surface area contributed by atoms with Gasteiger partial charge in [-0.2, -0.15) is 5.10 Å². The van der Waals surface area contributed by atoms with Crippen LogP contribution in [-0.4, -0.2) is 50.7 Å². The van der Waals surface area contributed by atoms with Gasteiger partial charge in [0.2, 0.25) is 23.6 Å². The lowest BCUT2D eigenvalue weighted by atomic mass is 10.1. The predicted molar refractivity (Wildman–Crippen MR) is 129 cm³/mol. The van der Waals surface area contributed by atoms with Gasteiger partial charge in [-0.15, -0.1) is 10.2 Å². The fourth-order valence-electron chi connectivity index (χ4n) is 3.76. The van der Waals surface area contributed by atoms with E-state index in [1.165, 1.54) is 5.01 Å². The van der Waals surface area contributed by atoms with Crippen molar-refractivity contribution in [2.75, 3.05) is 13.1 Å². The molecule has 1 aromatic heterocycles. The molecule has 0 bridgehead atoms. The molecule has 1 aliphatic heterocycles. The highest BCUT2D eigenvalue weighted by Crippen LogP contribution is 2.26. The maximum absolute atomic E-state index is 12.9. The first kappa shape index (κ1) is 23.6. The Kier molecular flexibility index (Phi) is 7.69. The number of rotatable bonds is 9. The molecule has 176 valence electrons. The highest BCUT2D eigenvalue weighted by atomic mass is 35.5. The van der Waals surface area contributed by atoms with E-state index in [-0.39, 0.29) is 31.2 Å². The van der Waals surface area contributed by atoms with E-state index in [1.54, 1.807) is 17.0 Å². The van der Waals surface area contributed by atoms with Crippen molar-refractivity contribution in [2.24, 2.45) is 5.10 Å². The van der Waals surface area contributed by atoms with E-state index in [4.69, 9.17) is 16.0 Å². The number of amides is 2. The summed E-state index contributed by atoms with van der Waals surface area (Å²) in [7, 11) is 0. The first-order valence-corrected chi connectivity index (χ1v) is 11.7. The van der Waals surface area contributed by atoms with Gasteiger partial charge >= 0.3 is 0 Å². The van der Waals surface area contributed by atoms with Crippen LogP contribution in [0, 0.1) is 0 Å². The molecule has 0 saturated carbocycles. The second kappa shape index (κ2) is 11.1. The fraction of sp³-hybridized carbons (Fsp3) is 0.320. The number of hydrazone groups is 1. The van der Waals surface area contributed by atoms with Crippen LogP contribution < -0.4 is 0 Å². The molecule has 0 saturated heterocycles. The van der Waals surface area contributed by atoms with E-state index in [2.05, 4.69) is 15.3 Å². The van der Waals surface area contributed by atoms with E-state index < -0.39 is 0 Å². The molecule has 0 radical (unpaired) electrons. The standard InChI is InChI=1S/C25H26ClN5O3/c1-2-15-30(17-22-27-28-25(34-22)19-10-6-7-11-20(19)26)23(32)12-13-24(33)31-16-14-21(29-31)18-8-4-3-5-9-18/h3-11H,2,12-17H2,1H3. The highest BCUT2D eigenvalue weighted by molar-refractivity contribution is 6.33. The number of halogens is 1. The second-order valence-corrected chi connectivity index (χ2v) is 8.38. The minimum absolute atomic E-state index is 0.0943. The molecule has 4 rings (SSSR count). The third-order valence-corrected chi connectivity index (χ3v) is 5.82. The zero-order valence-corrected chi connectivity index (χ0v) is 19.7. The zero-order chi connectivity index (χ0) is 23.9. The molecule has 2 aromatic carbocycles. The number of aromatic nitrogens is 2. The van der Waals surface area contributed by atoms with Gasteiger partial charge in [0, 0.05) is 25.8 Å². The number of nitrogens with zero attached hydrogens (tertiary/aromatic N) is 5. The number of hydrogen-bond donors (Lipinski definition) is 0. The first-order chi connectivity index (χ1) is 16.5. The quantitative estimate of drug-likeness (QED) is 0.449. The Bertz CT molecular complexity index is 1180. The van der Waals surface area contributed by atoms with E-state index in [9.17, 15) is 9.59 Å². The number of hydrogen-bond acceptors (Lipinski definition) is 6. The smallest absolute Gasteiger partial charge is 0.249 e. The van der Waals surface area contributed by atoms with Crippen molar-refractivity contribution in [2.45, 2.75) is 39.2 Å². The zero-order valence-electron chi connectivity index (χ0n) is 19.0. The van der Waals surface area contributed by atoms with Crippen LogP contribution in [0.1, 0.15) is 44.1 Å². The van der Waals surface area contributed by atoms with Crippen LogP contribution in [-0.2, 0) is 16.1 Å². The van der Waals surface area contributed by atoms with E-state index in [0.29, 0.717) is 41.9 Å². The molecule has 0 atom stereocenters. The highest BCUT2D eigenvalue weighted by Gasteiger charge is 2.24. The van der Waals surface area contributed by atoms with E-state index in [0.717, 1.165) is 17.7 Å². The molecular weight excluding hydrogens is 454 g/mol. The Labute approximate surface area is 203 Å². The van der Waals surface area contributed by atoms with Gasteiger partial charge in [-0.1, -0.05) is 61.0 Å². The molecule has 0 spiro atoms. The lowest BCUT2D eigenvalue weighted by molar-refractivity contribution is -0.137. The summed E-state index contributed by atoms with van der Waals surface area (Å²) in [5, 5.41) is 14.6. The largest absolute Gasteiger partial charge is 0.419 e. The summed E-state index contributed by atoms with van der Waals surface area (Å²) in [6, 6.07) is 17.0. The summed E-state index contributed by atoms with van der Waals surface area (Å²) in [6.45, 7) is 3.22. The maximum atomic E-state index is 12.9. The summed E-state index contributed by atoms with van der Waals surface area (Å²) in [5.74, 6) is 0.328. The lowest BCUT2D eigenvalue weighted by Gasteiger charge is -2.20. The SMILES string of the molecule is CCCN(Cc1nnc(-c2ccccc2Cl)o1)C(=O)CCC(=O)N1CCC(c2ccccc2)=N1. The molecule has 0 N–H and O–H groups in total. The van der Waals surface area contributed by atoms with Gasteiger partial charge in [-0.05, 0) is 24.1 Å². The predicted octanol–water partition coefficient (Wildman–Crippen LogP) is 4.55. The summed E-state index contributed by atoms with van der Waals surface area (Å²) in [5.41, 5.74) is 2.54. The van der Waals surface area contributed by atoms with Crippen molar-refractivity contribution in [3.05, 3.63) is 71.1 Å². The van der Waals surface area contributed by atoms with Crippen molar-refractivity contribution in [3.63, 3.8) is 0 Å². The Morgan fingerprint density at radius 3 is 2.59 bits per heavy atom. The average Bonchev–Trinajstić information content (AvgIpc) is 3.53. The van der Waals surface area contributed by atoms with Gasteiger partial charge in [0.25, 0.3) is 0 Å². The van der Waals surface area contributed by atoms with Crippen molar-refractivity contribution in [1.29, 1.82) is 0 Å². The van der Waals surface area contributed by atoms with Crippen molar-refractivity contribution >= 4 is 29.1 Å². The van der Waals surface area contributed by atoms with Gasteiger partial charge in [-0.3, -0.25) is 9.59 Å². The van der Waals surface area contributed by atoms with Gasteiger partial charge in [0.15, 0.2) is 0 Å². The summed E-state index contributed by atoms with van der Waals surface area (Å²) < 4.78 is 5.74. The molecule has 1 aliphatic rings. The van der Waals surface area contributed by atoms with Crippen LogP contribution in [0.5, 0.6) is 0 Å². The molecule has 3 aromatic rings. The second-order valence-electron chi connectivity index (χ2n) is 7.98. The van der Waals surface area contributed by atoms with Crippen molar-refractivity contribution in [1.82, 2.24) is 20.1 Å². The van der Waals surface area contributed by atoms with Crippen LogP contribution in [0.2, 0.25) is 5.02 Å². The Balaban J connectivity index is 1.34. The fourth-order valence-corrected chi connectivity index (χ4v) is 3.97. The molecule has 34 heavy (non-hydrogen) atoms. The number of benzene rings is 2. The van der Waals surface area contributed by atoms with Crippen LogP contribution in [0.25, 0.3) is 11.5 Å². The molecule has 0 aliphatic carbocycles. The Hall–Kier alpha value is -3.52. The summed E-state index contributed by atoms with van der Waals surface area (Å²) >= 11 is 6.21. The van der Waals surface area contributed by atoms with Crippen LogP contribution in [0.15, 0.2) is 64.1 Å². The van der Waals surface area contributed by atoms with Gasteiger partial charge in [-0.25, -0.2) is 5.01 Å². The monoisotopic (exact) mass is 479 g/mol. The summed E-state index contributed by atoms with van der Waals surface area (Å²) in [6.07, 6.45) is 1.66. The van der Waals surface area contributed by atoms with Gasteiger partial charge in [0.1, 0.15) is 0 Å². The Morgan fingerprint density at radius 1 is 1.06 bits per heavy atom. The molecule has 0 fully saturated rings. The van der Waals surface area contributed by atoms with Gasteiger partial charge in [0.05, 0.1) is 29.4 Å². The average molecular weight is 480 g/mol. The van der Waals surface area contributed by atoms with Crippen molar-refractivity contribution in [3.8, 4) is 11.5 Å². The van der Waals surface area contributed by atoms with Crippen molar-refractivity contribution < 1.29 is 14.0 Å². The van der Waals surface area contributed by atoms with Gasteiger partial charge < -0.3 is 9.32 Å². The minimum Gasteiger partial charge on any atom is -0.419 e. The van der Waals surface area contributed by atoms with Crippen LogP contribution in [0.3, 0.4) is 0 Å². The third-order valence-electron chi connectivity index (χ3n) is 5.49. The number of carbonyl (C=O) groups excluding carboxylic acids is 2. The molecule has 2 heterocycles. The minimum atomic E-state index is -0.158. The normalized spacial score (nSPS) is 13.1.